The number of aryl methyl sites for hydroxylation is 1. The van der Waals surface area contributed by atoms with Gasteiger partial charge in [-0.05, 0) is 48.2 Å². The Hall–Kier alpha value is -2.81. The smallest absolute Gasteiger partial charge is 0.234 e. The van der Waals surface area contributed by atoms with Crippen LogP contribution in [0.25, 0.3) is 16.4 Å². The summed E-state index contributed by atoms with van der Waals surface area (Å²) >= 11 is 8.94. The van der Waals surface area contributed by atoms with Crippen molar-refractivity contribution in [2.45, 2.75) is 12.1 Å². The minimum absolute atomic E-state index is 0.150. The summed E-state index contributed by atoms with van der Waals surface area (Å²) in [4.78, 5) is 13.6. The van der Waals surface area contributed by atoms with E-state index in [1.54, 1.807) is 30.6 Å². The molecule has 1 N–H and O–H groups in total. The second-order valence-corrected chi connectivity index (χ2v) is 8.91. The third-order valence-electron chi connectivity index (χ3n) is 4.51. The van der Waals surface area contributed by atoms with Gasteiger partial charge in [0.15, 0.2) is 11.0 Å². The second kappa shape index (κ2) is 9.55. The fraction of sp³-hybridized carbons (Fsp3) is 0.136. The standard InChI is InChI=1S/C22H19ClN4O2S2/c1-14-9-10-15(23)12-16(14)24-20(28)13-31-22-26-25-21(19-8-5-11-30-19)27(22)17-6-3-4-7-18(17)29-2/h3-12H,13H2,1-2H3,(H,24,28). The largest absolute Gasteiger partial charge is 0.495 e. The van der Waals surface area contributed by atoms with Gasteiger partial charge in [0, 0.05) is 10.7 Å². The van der Waals surface area contributed by atoms with Crippen molar-refractivity contribution in [3.05, 3.63) is 70.6 Å². The van der Waals surface area contributed by atoms with Crippen molar-refractivity contribution in [2.24, 2.45) is 0 Å². The van der Waals surface area contributed by atoms with Crippen LogP contribution in [-0.4, -0.2) is 33.5 Å². The van der Waals surface area contributed by atoms with E-state index < -0.39 is 0 Å². The number of aromatic nitrogens is 3. The van der Waals surface area contributed by atoms with Crippen molar-refractivity contribution in [3.8, 4) is 22.1 Å². The van der Waals surface area contributed by atoms with Crippen LogP contribution in [0.3, 0.4) is 0 Å². The number of thiophene rings is 1. The maximum atomic E-state index is 12.6. The molecule has 4 aromatic rings. The monoisotopic (exact) mass is 470 g/mol. The summed E-state index contributed by atoms with van der Waals surface area (Å²) in [6, 6.07) is 17.0. The first-order valence-electron chi connectivity index (χ1n) is 9.38. The molecule has 2 heterocycles. The van der Waals surface area contributed by atoms with E-state index in [0.29, 0.717) is 27.4 Å². The number of hydrogen-bond acceptors (Lipinski definition) is 6. The van der Waals surface area contributed by atoms with Crippen molar-refractivity contribution in [2.75, 3.05) is 18.2 Å². The first kappa shape index (κ1) is 21.4. The summed E-state index contributed by atoms with van der Waals surface area (Å²) in [5.74, 6) is 1.42. The lowest BCUT2D eigenvalue weighted by Crippen LogP contribution is -2.15. The number of anilines is 1. The fourth-order valence-corrected chi connectivity index (χ4v) is 4.62. The van der Waals surface area contributed by atoms with Gasteiger partial charge in [-0.2, -0.15) is 0 Å². The van der Waals surface area contributed by atoms with E-state index in [1.165, 1.54) is 11.8 Å². The summed E-state index contributed by atoms with van der Waals surface area (Å²) in [5, 5.41) is 14.8. The quantitative estimate of drug-likeness (QED) is 0.351. The van der Waals surface area contributed by atoms with Crippen LogP contribution in [0, 0.1) is 6.92 Å². The number of nitrogens with one attached hydrogen (secondary N) is 1. The molecule has 0 aliphatic rings. The lowest BCUT2D eigenvalue weighted by atomic mass is 10.2. The number of thioether (sulfide) groups is 1. The number of benzene rings is 2. The van der Waals surface area contributed by atoms with Crippen molar-refractivity contribution in [1.29, 1.82) is 0 Å². The van der Waals surface area contributed by atoms with Gasteiger partial charge in [-0.1, -0.05) is 47.6 Å². The van der Waals surface area contributed by atoms with E-state index in [9.17, 15) is 4.79 Å². The maximum Gasteiger partial charge on any atom is 0.234 e. The summed E-state index contributed by atoms with van der Waals surface area (Å²) in [5.41, 5.74) is 2.45. The molecule has 0 atom stereocenters. The molecule has 9 heteroatoms. The van der Waals surface area contributed by atoms with Gasteiger partial charge >= 0.3 is 0 Å². The molecular weight excluding hydrogens is 452 g/mol. The van der Waals surface area contributed by atoms with E-state index >= 15 is 0 Å². The summed E-state index contributed by atoms with van der Waals surface area (Å²) in [6.07, 6.45) is 0. The highest BCUT2D eigenvalue weighted by molar-refractivity contribution is 7.99. The molecule has 158 valence electrons. The SMILES string of the molecule is COc1ccccc1-n1c(SCC(=O)Nc2cc(Cl)ccc2C)nnc1-c1cccs1. The molecule has 1 amide bonds. The molecule has 0 unspecified atom stereocenters. The van der Waals surface area contributed by atoms with E-state index in [1.807, 2.05) is 59.3 Å². The van der Waals surface area contributed by atoms with E-state index in [2.05, 4.69) is 15.5 Å². The normalized spacial score (nSPS) is 10.8. The highest BCUT2D eigenvalue weighted by Gasteiger charge is 2.20. The topological polar surface area (TPSA) is 69.0 Å². The molecule has 6 nitrogen and oxygen atoms in total. The number of carbonyl (C=O) groups is 1. The molecule has 0 fully saturated rings. The molecule has 0 aliphatic heterocycles. The molecule has 2 aromatic heterocycles. The number of amides is 1. The van der Waals surface area contributed by atoms with Gasteiger partial charge in [0.25, 0.3) is 0 Å². The Morgan fingerprint density at radius 1 is 1.19 bits per heavy atom. The Labute approximate surface area is 193 Å². The number of nitrogens with zero attached hydrogens (tertiary/aromatic N) is 3. The molecule has 4 rings (SSSR count). The number of para-hydroxylation sites is 2. The van der Waals surface area contributed by atoms with Crippen molar-refractivity contribution >= 4 is 46.3 Å². The summed E-state index contributed by atoms with van der Waals surface area (Å²) in [6.45, 7) is 1.92. The van der Waals surface area contributed by atoms with Gasteiger partial charge in [-0.15, -0.1) is 21.5 Å². The molecule has 2 aromatic carbocycles. The molecule has 0 saturated carbocycles. The summed E-state index contributed by atoms with van der Waals surface area (Å²) < 4.78 is 7.48. The molecule has 0 spiro atoms. The number of hydrogen-bond donors (Lipinski definition) is 1. The fourth-order valence-electron chi connectivity index (χ4n) is 3.01. The Morgan fingerprint density at radius 3 is 2.81 bits per heavy atom. The minimum Gasteiger partial charge on any atom is -0.495 e. The van der Waals surface area contributed by atoms with E-state index in [-0.39, 0.29) is 11.7 Å². The van der Waals surface area contributed by atoms with E-state index in [4.69, 9.17) is 16.3 Å². The Bertz CT molecular complexity index is 1210. The van der Waals surface area contributed by atoms with Crippen LogP contribution >= 0.6 is 34.7 Å². The van der Waals surface area contributed by atoms with Gasteiger partial charge in [0.05, 0.1) is 23.4 Å². The Kier molecular flexibility index (Phi) is 6.60. The lowest BCUT2D eigenvalue weighted by molar-refractivity contribution is -0.113. The van der Waals surface area contributed by atoms with Crippen LogP contribution < -0.4 is 10.1 Å². The van der Waals surface area contributed by atoms with Crippen LogP contribution in [0.2, 0.25) is 5.02 Å². The van der Waals surface area contributed by atoms with Gasteiger partial charge in [0.1, 0.15) is 5.75 Å². The maximum absolute atomic E-state index is 12.6. The van der Waals surface area contributed by atoms with E-state index in [0.717, 1.165) is 16.1 Å². The van der Waals surface area contributed by atoms with Crippen molar-refractivity contribution in [3.63, 3.8) is 0 Å². The zero-order valence-electron chi connectivity index (χ0n) is 16.8. The van der Waals surface area contributed by atoms with Gasteiger partial charge in [-0.25, -0.2) is 0 Å². The predicted molar refractivity (Wildman–Crippen MR) is 127 cm³/mol. The zero-order chi connectivity index (χ0) is 21.8. The molecule has 31 heavy (non-hydrogen) atoms. The number of rotatable bonds is 7. The highest BCUT2D eigenvalue weighted by Crippen LogP contribution is 2.34. The number of methoxy groups -OCH3 is 1. The van der Waals surface area contributed by atoms with Crippen LogP contribution in [0.4, 0.5) is 5.69 Å². The molecule has 0 saturated heterocycles. The van der Waals surface area contributed by atoms with Gasteiger partial charge in [-0.3, -0.25) is 9.36 Å². The van der Waals surface area contributed by atoms with Gasteiger partial charge < -0.3 is 10.1 Å². The Balaban J connectivity index is 1.61. The molecule has 0 aliphatic carbocycles. The van der Waals surface area contributed by atoms with Crippen LogP contribution in [0.15, 0.2) is 65.1 Å². The van der Waals surface area contributed by atoms with Gasteiger partial charge in [0.2, 0.25) is 5.91 Å². The third kappa shape index (κ3) is 4.76. The van der Waals surface area contributed by atoms with Crippen LogP contribution in [0.5, 0.6) is 5.75 Å². The Morgan fingerprint density at radius 2 is 2.03 bits per heavy atom. The highest BCUT2D eigenvalue weighted by atomic mass is 35.5. The molecule has 0 radical (unpaired) electrons. The predicted octanol–water partition coefficient (Wildman–Crippen LogP) is 5.70. The minimum atomic E-state index is -0.150. The number of ether oxygens (including phenoxy) is 1. The lowest BCUT2D eigenvalue weighted by Gasteiger charge is -2.13. The van der Waals surface area contributed by atoms with Crippen LogP contribution in [0.1, 0.15) is 5.56 Å². The number of halogens is 1. The first-order valence-corrected chi connectivity index (χ1v) is 11.6. The second-order valence-electron chi connectivity index (χ2n) is 6.59. The summed E-state index contributed by atoms with van der Waals surface area (Å²) in [7, 11) is 1.63. The molecular formula is C22H19ClN4O2S2. The average Bonchev–Trinajstić information content (AvgIpc) is 3.44. The number of carbonyl (C=O) groups excluding carboxylic acids is 1. The third-order valence-corrected chi connectivity index (χ3v) is 6.54. The molecule has 0 bridgehead atoms. The average molecular weight is 471 g/mol. The first-order chi connectivity index (χ1) is 15.1. The van der Waals surface area contributed by atoms with Crippen LogP contribution in [-0.2, 0) is 4.79 Å². The van der Waals surface area contributed by atoms with Crippen molar-refractivity contribution in [1.82, 2.24) is 14.8 Å². The van der Waals surface area contributed by atoms with Crippen molar-refractivity contribution < 1.29 is 9.53 Å². The zero-order valence-corrected chi connectivity index (χ0v) is 19.2.